The van der Waals surface area contributed by atoms with Crippen molar-refractivity contribution in [1.82, 2.24) is 9.97 Å². The average molecular weight is 204 g/mol. The van der Waals surface area contributed by atoms with E-state index in [2.05, 4.69) is 16.9 Å². The standard InChI is InChI=1S/C11H12N2S/c1-2-3-11-13-8-10(14-11)9-4-6-12-7-5-9/h4-8H,2-3H2,1H3. The number of rotatable bonds is 3. The summed E-state index contributed by atoms with van der Waals surface area (Å²) < 4.78 is 0. The molecular weight excluding hydrogens is 192 g/mol. The van der Waals surface area contributed by atoms with Crippen LogP contribution in [-0.4, -0.2) is 9.97 Å². The van der Waals surface area contributed by atoms with Gasteiger partial charge in [0, 0.05) is 18.6 Å². The third-order valence-electron chi connectivity index (χ3n) is 1.98. The van der Waals surface area contributed by atoms with E-state index in [-0.39, 0.29) is 0 Å². The van der Waals surface area contributed by atoms with Crippen molar-refractivity contribution in [1.29, 1.82) is 0 Å². The van der Waals surface area contributed by atoms with Gasteiger partial charge in [0.1, 0.15) is 0 Å². The van der Waals surface area contributed by atoms with Crippen LogP contribution in [0.5, 0.6) is 0 Å². The monoisotopic (exact) mass is 204 g/mol. The van der Waals surface area contributed by atoms with E-state index in [0.29, 0.717) is 0 Å². The largest absolute Gasteiger partial charge is 0.265 e. The minimum atomic E-state index is 1.08. The first-order valence-corrected chi connectivity index (χ1v) is 5.57. The van der Waals surface area contributed by atoms with Crippen molar-refractivity contribution in [3.8, 4) is 10.4 Å². The van der Waals surface area contributed by atoms with Gasteiger partial charge in [-0.05, 0) is 30.5 Å². The summed E-state index contributed by atoms with van der Waals surface area (Å²) in [5.74, 6) is 0. The van der Waals surface area contributed by atoms with E-state index in [4.69, 9.17) is 0 Å². The predicted octanol–water partition coefficient (Wildman–Crippen LogP) is 3.16. The molecule has 0 fully saturated rings. The quantitative estimate of drug-likeness (QED) is 0.767. The molecule has 0 saturated carbocycles. The Hall–Kier alpha value is -1.22. The number of pyridine rings is 1. The molecule has 3 heteroatoms. The van der Waals surface area contributed by atoms with Crippen molar-refractivity contribution < 1.29 is 0 Å². The van der Waals surface area contributed by atoms with E-state index in [1.807, 2.05) is 30.7 Å². The Morgan fingerprint density at radius 3 is 2.79 bits per heavy atom. The summed E-state index contributed by atoms with van der Waals surface area (Å²) in [6.45, 7) is 2.17. The van der Waals surface area contributed by atoms with E-state index in [9.17, 15) is 0 Å². The lowest BCUT2D eigenvalue weighted by Gasteiger charge is -1.93. The van der Waals surface area contributed by atoms with Gasteiger partial charge < -0.3 is 0 Å². The van der Waals surface area contributed by atoms with Crippen molar-refractivity contribution in [2.45, 2.75) is 19.8 Å². The van der Waals surface area contributed by atoms with Crippen LogP contribution in [-0.2, 0) is 6.42 Å². The molecule has 0 unspecified atom stereocenters. The van der Waals surface area contributed by atoms with E-state index in [1.54, 1.807) is 11.3 Å². The molecule has 2 rings (SSSR count). The maximum atomic E-state index is 4.38. The highest BCUT2D eigenvalue weighted by atomic mass is 32.1. The normalized spacial score (nSPS) is 10.4. The smallest absolute Gasteiger partial charge is 0.0931 e. The van der Waals surface area contributed by atoms with Gasteiger partial charge >= 0.3 is 0 Å². The number of aryl methyl sites for hydroxylation is 1. The Labute approximate surface area is 87.7 Å². The van der Waals surface area contributed by atoms with Crippen LogP contribution >= 0.6 is 11.3 Å². The van der Waals surface area contributed by atoms with E-state index >= 15 is 0 Å². The molecule has 0 aromatic carbocycles. The number of thiazole rings is 1. The highest BCUT2D eigenvalue weighted by Crippen LogP contribution is 2.25. The maximum Gasteiger partial charge on any atom is 0.0931 e. The van der Waals surface area contributed by atoms with Crippen molar-refractivity contribution >= 4 is 11.3 Å². The highest BCUT2D eigenvalue weighted by Gasteiger charge is 2.02. The summed E-state index contributed by atoms with van der Waals surface area (Å²) in [5, 5.41) is 1.22. The SMILES string of the molecule is CCCc1ncc(-c2ccncc2)s1. The van der Waals surface area contributed by atoms with Gasteiger partial charge in [-0.15, -0.1) is 11.3 Å². The Morgan fingerprint density at radius 2 is 2.07 bits per heavy atom. The summed E-state index contributed by atoms with van der Waals surface area (Å²) in [4.78, 5) is 9.61. The molecule has 0 aliphatic carbocycles. The third-order valence-corrected chi connectivity index (χ3v) is 3.09. The summed E-state index contributed by atoms with van der Waals surface area (Å²) in [7, 11) is 0. The predicted molar refractivity (Wildman–Crippen MR) is 59.3 cm³/mol. The van der Waals surface area contributed by atoms with Gasteiger partial charge in [-0.2, -0.15) is 0 Å². The van der Waals surface area contributed by atoms with E-state index in [0.717, 1.165) is 12.8 Å². The van der Waals surface area contributed by atoms with Gasteiger partial charge in [0.2, 0.25) is 0 Å². The lowest BCUT2D eigenvalue weighted by Crippen LogP contribution is -1.76. The van der Waals surface area contributed by atoms with Crippen LogP contribution in [0.4, 0.5) is 0 Å². The molecule has 0 radical (unpaired) electrons. The fraction of sp³-hybridized carbons (Fsp3) is 0.273. The van der Waals surface area contributed by atoms with Crippen molar-refractivity contribution in [2.75, 3.05) is 0 Å². The van der Waals surface area contributed by atoms with Gasteiger partial charge in [-0.3, -0.25) is 4.98 Å². The maximum absolute atomic E-state index is 4.38. The molecule has 0 spiro atoms. The van der Waals surface area contributed by atoms with Gasteiger partial charge in [0.25, 0.3) is 0 Å². The molecule has 0 aliphatic rings. The first-order valence-electron chi connectivity index (χ1n) is 4.75. The lowest BCUT2D eigenvalue weighted by atomic mass is 10.2. The number of nitrogens with zero attached hydrogens (tertiary/aromatic N) is 2. The first kappa shape index (κ1) is 9.34. The molecule has 0 aliphatic heterocycles. The average Bonchev–Trinajstić information content (AvgIpc) is 2.68. The second-order valence-corrected chi connectivity index (χ2v) is 4.22. The second-order valence-electron chi connectivity index (χ2n) is 3.10. The van der Waals surface area contributed by atoms with Crippen LogP contribution in [0.2, 0.25) is 0 Å². The topological polar surface area (TPSA) is 25.8 Å². The van der Waals surface area contributed by atoms with Crippen LogP contribution < -0.4 is 0 Å². The molecule has 0 saturated heterocycles. The number of aromatic nitrogens is 2. The zero-order chi connectivity index (χ0) is 9.80. The lowest BCUT2D eigenvalue weighted by molar-refractivity contribution is 0.909. The highest BCUT2D eigenvalue weighted by molar-refractivity contribution is 7.15. The molecule has 72 valence electrons. The van der Waals surface area contributed by atoms with Crippen LogP contribution in [0.25, 0.3) is 10.4 Å². The zero-order valence-electron chi connectivity index (χ0n) is 8.10. The summed E-state index contributed by atoms with van der Waals surface area (Å²) >= 11 is 1.77. The summed E-state index contributed by atoms with van der Waals surface area (Å²) in [6, 6.07) is 4.03. The molecule has 2 aromatic rings. The molecule has 0 N–H and O–H groups in total. The van der Waals surface area contributed by atoms with Crippen molar-refractivity contribution in [2.24, 2.45) is 0 Å². The Kier molecular flexibility index (Phi) is 2.89. The Balaban J connectivity index is 2.25. The zero-order valence-corrected chi connectivity index (χ0v) is 8.92. The van der Waals surface area contributed by atoms with Crippen LogP contribution in [0.3, 0.4) is 0 Å². The van der Waals surface area contributed by atoms with Gasteiger partial charge in [-0.1, -0.05) is 6.92 Å². The Morgan fingerprint density at radius 1 is 1.29 bits per heavy atom. The summed E-state index contributed by atoms with van der Waals surface area (Å²) in [5.41, 5.74) is 1.21. The second kappa shape index (κ2) is 4.33. The van der Waals surface area contributed by atoms with Gasteiger partial charge in [0.05, 0.1) is 9.88 Å². The molecular formula is C11H12N2S. The molecule has 2 heterocycles. The van der Waals surface area contributed by atoms with Crippen LogP contribution in [0.1, 0.15) is 18.4 Å². The minimum absolute atomic E-state index is 1.08. The molecule has 2 aromatic heterocycles. The molecule has 0 bridgehead atoms. The van der Waals surface area contributed by atoms with Gasteiger partial charge in [0.15, 0.2) is 0 Å². The fourth-order valence-electron chi connectivity index (χ4n) is 1.29. The molecule has 0 amide bonds. The fourth-order valence-corrected chi connectivity index (χ4v) is 2.31. The molecule has 0 atom stereocenters. The van der Waals surface area contributed by atoms with E-state index in [1.165, 1.54) is 15.4 Å². The first-order chi connectivity index (χ1) is 6.90. The van der Waals surface area contributed by atoms with Gasteiger partial charge in [-0.25, -0.2) is 4.98 Å². The Bertz CT molecular complexity index is 395. The number of hydrogen-bond donors (Lipinski definition) is 0. The van der Waals surface area contributed by atoms with E-state index < -0.39 is 0 Å². The third kappa shape index (κ3) is 1.99. The minimum Gasteiger partial charge on any atom is -0.265 e. The van der Waals surface area contributed by atoms with Crippen molar-refractivity contribution in [3.63, 3.8) is 0 Å². The number of hydrogen-bond acceptors (Lipinski definition) is 3. The van der Waals surface area contributed by atoms with Crippen LogP contribution in [0, 0.1) is 0 Å². The molecule has 2 nitrogen and oxygen atoms in total. The summed E-state index contributed by atoms with van der Waals surface area (Å²) in [6.07, 6.45) is 7.81. The molecule has 14 heavy (non-hydrogen) atoms. The van der Waals surface area contributed by atoms with Crippen LogP contribution in [0.15, 0.2) is 30.7 Å². The van der Waals surface area contributed by atoms with Crippen molar-refractivity contribution in [3.05, 3.63) is 35.7 Å².